The number of nitrogens with one attached hydrogen (secondary N) is 1. The average molecular weight is 337 g/mol. The molecular formula is C20H19NO4. The Labute approximate surface area is 146 Å². The van der Waals surface area contributed by atoms with Gasteiger partial charge in [-0.2, -0.15) is 0 Å². The van der Waals surface area contributed by atoms with E-state index in [0.29, 0.717) is 29.6 Å². The number of hydrogen-bond donors (Lipinski definition) is 1. The molecule has 3 rings (SSSR count). The first kappa shape index (κ1) is 16.6. The maximum atomic E-state index is 12.0. The van der Waals surface area contributed by atoms with E-state index in [9.17, 15) is 4.79 Å². The Bertz CT molecular complexity index is 835. The van der Waals surface area contributed by atoms with E-state index in [-0.39, 0.29) is 11.7 Å². The van der Waals surface area contributed by atoms with Crippen molar-refractivity contribution < 1.29 is 18.7 Å². The molecule has 1 aromatic heterocycles. The Morgan fingerprint density at radius 2 is 1.52 bits per heavy atom. The summed E-state index contributed by atoms with van der Waals surface area (Å²) < 4.78 is 16.5. The predicted molar refractivity (Wildman–Crippen MR) is 95.5 cm³/mol. The second-order valence-corrected chi connectivity index (χ2v) is 5.40. The lowest BCUT2D eigenvalue weighted by molar-refractivity contribution is 0.0995. The van der Waals surface area contributed by atoms with Crippen molar-refractivity contribution >= 4 is 11.6 Å². The summed E-state index contributed by atoms with van der Waals surface area (Å²) in [7, 11) is 0. The number of hydrogen-bond acceptors (Lipinski definition) is 4. The van der Waals surface area contributed by atoms with Gasteiger partial charge in [-0.15, -0.1) is 0 Å². The molecule has 0 bridgehead atoms. The van der Waals surface area contributed by atoms with Crippen LogP contribution in [-0.4, -0.2) is 12.5 Å². The largest absolute Gasteiger partial charge is 0.494 e. The summed E-state index contributed by atoms with van der Waals surface area (Å²) in [5.41, 5.74) is 0.665. The van der Waals surface area contributed by atoms with Crippen LogP contribution in [0.15, 0.2) is 65.1 Å². The Balaban J connectivity index is 1.61. The molecule has 0 fully saturated rings. The fraction of sp³-hybridized carbons (Fsp3) is 0.150. The summed E-state index contributed by atoms with van der Waals surface area (Å²) in [6, 6.07) is 17.9. The fourth-order valence-electron chi connectivity index (χ4n) is 2.26. The van der Waals surface area contributed by atoms with E-state index in [1.165, 1.54) is 0 Å². The highest BCUT2D eigenvalue weighted by atomic mass is 16.5. The highest BCUT2D eigenvalue weighted by Gasteiger charge is 2.10. The van der Waals surface area contributed by atoms with Gasteiger partial charge in [0, 0.05) is 5.69 Å². The van der Waals surface area contributed by atoms with Crippen molar-refractivity contribution in [2.45, 2.75) is 13.8 Å². The van der Waals surface area contributed by atoms with Gasteiger partial charge in [0.05, 0.1) is 6.61 Å². The summed E-state index contributed by atoms with van der Waals surface area (Å²) >= 11 is 0. The van der Waals surface area contributed by atoms with Crippen LogP contribution < -0.4 is 14.8 Å². The molecule has 0 saturated carbocycles. The van der Waals surface area contributed by atoms with Crippen molar-refractivity contribution in [2.24, 2.45) is 0 Å². The monoisotopic (exact) mass is 337 g/mol. The van der Waals surface area contributed by atoms with Gasteiger partial charge < -0.3 is 19.2 Å². The first-order chi connectivity index (χ1) is 12.1. The number of aryl methyl sites for hydroxylation is 1. The quantitative estimate of drug-likeness (QED) is 0.685. The minimum Gasteiger partial charge on any atom is -0.494 e. The first-order valence-corrected chi connectivity index (χ1v) is 8.02. The SMILES string of the molecule is CCOc1ccc(Oc2ccc(NC(=O)c3ccc(C)o3)cc2)cc1. The molecule has 0 unspecified atom stereocenters. The van der Waals surface area contributed by atoms with E-state index in [2.05, 4.69) is 5.32 Å². The van der Waals surface area contributed by atoms with Crippen LogP contribution in [0.3, 0.4) is 0 Å². The molecule has 5 nitrogen and oxygen atoms in total. The highest BCUT2D eigenvalue weighted by molar-refractivity contribution is 6.02. The van der Waals surface area contributed by atoms with Crippen LogP contribution >= 0.6 is 0 Å². The minimum atomic E-state index is -0.284. The third kappa shape index (κ3) is 4.41. The zero-order valence-corrected chi connectivity index (χ0v) is 14.1. The van der Waals surface area contributed by atoms with Crippen LogP contribution in [0.2, 0.25) is 0 Å². The summed E-state index contributed by atoms with van der Waals surface area (Å²) in [6.07, 6.45) is 0. The van der Waals surface area contributed by atoms with E-state index >= 15 is 0 Å². The molecule has 0 aliphatic heterocycles. The standard InChI is InChI=1S/C20H19NO4/c1-3-23-16-9-11-18(12-10-16)25-17-7-5-15(6-8-17)21-20(22)19-13-4-14(2)24-19/h4-13H,3H2,1-2H3,(H,21,22). The van der Waals surface area contributed by atoms with Crippen molar-refractivity contribution in [1.82, 2.24) is 0 Å². The molecule has 1 heterocycles. The fourth-order valence-corrected chi connectivity index (χ4v) is 2.26. The van der Waals surface area contributed by atoms with Crippen molar-refractivity contribution in [1.29, 1.82) is 0 Å². The number of carbonyl (C=O) groups excluding carboxylic acids is 1. The predicted octanol–water partition coefficient (Wildman–Crippen LogP) is 5.03. The number of anilines is 1. The van der Waals surface area contributed by atoms with Crippen LogP contribution in [0, 0.1) is 6.92 Å². The first-order valence-electron chi connectivity index (χ1n) is 8.02. The average Bonchev–Trinajstić information content (AvgIpc) is 3.05. The molecule has 2 aromatic carbocycles. The Kier molecular flexibility index (Phi) is 5.04. The zero-order valence-electron chi connectivity index (χ0n) is 14.1. The van der Waals surface area contributed by atoms with Gasteiger partial charge >= 0.3 is 0 Å². The molecule has 3 aromatic rings. The molecule has 0 aliphatic rings. The van der Waals surface area contributed by atoms with Gasteiger partial charge in [-0.05, 0) is 74.5 Å². The molecule has 5 heteroatoms. The number of furan rings is 1. The van der Waals surface area contributed by atoms with Crippen LogP contribution in [0.5, 0.6) is 17.2 Å². The third-order valence-corrected chi connectivity index (χ3v) is 3.45. The van der Waals surface area contributed by atoms with Gasteiger partial charge in [0.2, 0.25) is 0 Å². The number of rotatable bonds is 6. The number of benzene rings is 2. The third-order valence-electron chi connectivity index (χ3n) is 3.45. The van der Waals surface area contributed by atoms with Crippen LogP contribution in [0.25, 0.3) is 0 Å². The number of carbonyl (C=O) groups is 1. The summed E-state index contributed by atoms with van der Waals surface area (Å²) in [6.45, 7) is 4.37. The van der Waals surface area contributed by atoms with E-state index in [1.807, 2.05) is 31.2 Å². The van der Waals surface area contributed by atoms with E-state index in [1.54, 1.807) is 43.3 Å². The molecule has 1 amide bonds. The van der Waals surface area contributed by atoms with E-state index < -0.39 is 0 Å². The lowest BCUT2D eigenvalue weighted by atomic mass is 10.3. The van der Waals surface area contributed by atoms with Gasteiger partial charge in [0.1, 0.15) is 23.0 Å². The molecule has 0 spiro atoms. The normalized spacial score (nSPS) is 10.3. The Morgan fingerprint density at radius 1 is 0.920 bits per heavy atom. The second-order valence-electron chi connectivity index (χ2n) is 5.40. The van der Waals surface area contributed by atoms with Gasteiger partial charge in [-0.25, -0.2) is 0 Å². The van der Waals surface area contributed by atoms with Gasteiger partial charge in [0.15, 0.2) is 5.76 Å². The van der Waals surface area contributed by atoms with Crippen molar-refractivity contribution in [2.75, 3.05) is 11.9 Å². The van der Waals surface area contributed by atoms with Crippen LogP contribution in [0.1, 0.15) is 23.2 Å². The Morgan fingerprint density at radius 3 is 2.08 bits per heavy atom. The topological polar surface area (TPSA) is 60.7 Å². The van der Waals surface area contributed by atoms with E-state index in [4.69, 9.17) is 13.9 Å². The molecule has 0 atom stereocenters. The lowest BCUT2D eigenvalue weighted by Crippen LogP contribution is -2.10. The number of amides is 1. The van der Waals surface area contributed by atoms with Gasteiger partial charge in [0.25, 0.3) is 5.91 Å². The van der Waals surface area contributed by atoms with Gasteiger partial charge in [-0.1, -0.05) is 0 Å². The molecule has 0 saturated heterocycles. The maximum Gasteiger partial charge on any atom is 0.291 e. The Hall–Kier alpha value is -3.21. The number of ether oxygens (including phenoxy) is 2. The van der Waals surface area contributed by atoms with Gasteiger partial charge in [-0.3, -0.25) is 4.79 Å². The molecule has 1 N–H and O–H groups in total. The van der Waals surface area contributed by atoms with Crippen molar-refractivity contribution in [3.05, 3.63) is 72.2 Å². The molecule has 25 heavy (non-hydrogen) atoms. The highest BCUT2D eigenvalue weighted by Crippen LogP contribution is 2.25. The summed E-state index contributed by atoms with van der Waals surface area (Å²) in [4.78, 5) is 12.0. The van der Waals surface area contributed by atoms with E-state index in [0.717, 1.165) is 5.75 Å². The maximum absolute atomic E-state index is 12.0. The smallest absolute Gasteiger partial charge is 0.291 e. The van der Waals surface area contributed by atoms with Crippen molar-refractivity contribution in [3.8, 4) is 17.2 Å². The summed E-state index contributed by atoms with van der Waals surface area (Å²) in [5.74, 6) is 2.90. The summed E-state index contributed by atoms with van der Waals surface area (Å²) in [5, 5.41) is 2.78. The van der Waals surface area contributed by atoms with Crippen molar-refractivity contribution in [3.63, 3.8) is 0 Å². The molecule has 0 radical (unpaired) electrons. The lowest BCUT2D eigenvalue weighted by Gasteiger charge is -2.08. The molecule has 0 aliphatic carbocycles. The molecular weight excluding hydrogens is 318 g/mol. The second kappa shape index (κ2) is 7.57. The molecule has 128 valence electrons. The van der Waals surface area contributed by atoms with Crippen LogP contribution in [0.4, 0.5) is 5.69 Å². The minimum absolute atomic E-state index is 0.284. The zero-order chi connectivity index (χ0) is 17.6. The van der Waals surface area contributed by atoms with Crippen LogP contribution in [-0.2, 0) is 0 Å².